The van der Waals surface area contributed by atoms with Gasteiger partial charge in [-0.2, -0.15) is 13.2 Å². The lowest BCUT2D eigenvalue weighted by atomic mass is 10.1. The van der Waals surface area contributed by atoms with Crippen molar-refractivity contribution in [2.24, 2.45) is 0 Å². The van der Waals surface area contributed by atoms with Crippen molar-refractivity contribution in [1.29, 1.82) is 0 Å². The zero-order valence-electron chi connectivity index (χ0n) is 13.5. The van der Waals surface area contributed by atoms with Gasteiger partial charge in [-0.25, -0.2) is 4.98 Å². The Balaban J connectivity index is 1.87. The van der Waals surface area contributed by atoms with E-state index in [-0.39, 0.29) is 11.4 Å². The molecule has 2 aromatic heterocycles. The van der Waals surface area contributed by atoms with Crippen LogP contribution in [0.1, 0.15) is 21.6 Å². The maximum Gasteiger partial charge on any atom is 0.416 e. The summed E-state index contributed by atoms with van der Waals surface area (Å²) in [6.07, 6.45) is -4.57. The third kappa shape index (κ3) is 4.00. The fourth-order valence-corrected chi connectivity index (χ4v) is 3.03. The number of aromatic amines is 1. The molecule has 1 amide bonds. The van der Waals surface area contributed by atoms with Gasteiger partial charge in [-0.3, -0.25) is 9.59 Å². The summed E-state index contributed by atoms with van der Waals surface area (Å²) in [5.41, 5.74) is -2.52. The number of thiophene rings is 1. The number of nitrogens with zero attached hydrogens (tertiary/aromatic N) is 1. The van der Waals surface area contributed by atoms with E-state index >= 15 is 0 Å². The summed E-state index contributed by atoms with van der Waals surface area (Å²) in [6.45, 7) is -0.448. The van der Waals surface area contributed by atoms with Crippen molar-refractivity contribution in [2.75, 3.05) is 0 Å². The molecule has 2 heterocycles. The molecular weight excluding hydrogens is 383 g/mol. The summed E-state index contributed by atoms with van der Waals surface area (Å²) >= 11 is 1.25. The molecule has 0 bridgehead atoms. The van der Waals surface area contributed by atoms with Crippen LogP contribution >= 0.6 is 11.3 Å². The molecule has 0 unspecified atom stereocenters. The predicted molar refractivity (Wildman–Crippen MR) is 92.4 cm³/mol. The van der Waals surface area contributed by atoms with Crippen LogP contribution in [0.25, 0.3) is 10.7 Å². The van der Waals surface area contributed by atoms with Crippen molar-refractivity contribution in [1.82, 2.24) is 15.3 Å². The van der Waals surface area contributed by atoms with Crippen LogP contribution in [0.5, 0.6) is 5.75 Å². The van der Waals surface area contributed by atoms with Gasteiger partial charge in [-0.15, -0.1) is 11.3 Å². The first-order chi connectivity index (χ1) is 12.8. The van der Waals surface area contributed by atoms with Gasteiger partial charge in [0.15, 0.2) is 11.5 Å². The predicted octanol–water partition coefficient (Wildman–Crippen LogP) is 3.15. The quantitative estimate of drug-likeness (QED) is 0.633. The zero-order chi connectivity index (χ0) is 19.6. The SMILES string of the molecule is O=C(NCc1ccccc1C(F)(F)F)c1nc(-c2cccs2)[nH]c(=O)c1O. The molecule has 3 rings (SSSR count). The average Bonchev–Trinajstić information content (AvgIpc) is 3.16. The van der Waals surface area contributed by atoms with Crippen molar-refractivity contribution >= 4 is 17.2 Å². The Bertz CT molecular complexity index is 1030. The van der Waals surface area contributed by atoms with E-state index in [1.807, 2.05) is 0 Å². The van der Waals surface area contributed by atoms with Crippen molar-refractivity contribution in [3.63, 3.8) is 0 Å². The molecule has 27 heavy (non-hydrogen) atoms. The van der Waals surface area contributed by atoms with Crippen LogP contribution in [0.4, 0.5) is 13.2 Å². The molecule has 1 aromatic carbocycles. The zero-order valence-corrected chi connectivity index (χ0v) is 14.3. The highest BCUT2D eigenvalue weighted by atomic mass is 32.1. The Kier molecular flexibility index (Phi) is 5.00. The number of hydrogen-bond acceptors (Lipinski definition) is 5. The van der Waals surface area contributed by atoms with Crippen LogP contribution in [0, 0.1) is 0 Å². The van der Waals surface area contributed by atoms with E-state index in [1.54, 1.807) is 17.5 Å². The van der Waals surface area contributed by atoms with Gasteiger partial charge in [0.2, 0.25) is 5.75 Å². The third-order valence-electron chi connectivity index (χ3n) is 3.63. The normalized spacial score (nSPS) is 11.4. The van der Waals surface area contributed by atoms with Gasteiger partial charge in [0.25, 0.3) is 11.5 Å². The largest absolute Gasteiger partial charge is 0.501 e. The van der Waals surface area contributed by atoms with Crippen LogP contribution in [-0.4, -0.2) is 21.0 Å². The van der Waals surface area contributed by atoms with Gasteiger partial charge in [0.05, 0.1) is 10.4 Å². The topological polar surface area (TPSA) is 95.1 Å². The fourth-order valence-electron chi connectivity index (χ4n) is 2.37. The van der Waals surface area contributed by atoms with Crippen molar-refractivity contribution in [3.8, 4) is 16.5 Å². The number of aromatic hydroxyl groups is 1. The van der Waals surface area contributed by atoms with E-state index < -0.39 is 41.2 Å². The Hall–Kier alpha value is -3.14. The Morgan fingerprint density at radius 2 is 1.96 bits per heavy atom. The average molecular weight is 395 g/mol. The summed E-state index contributed by atoms with van der Waals surface area (Å²) < 4.78 is 39.0. The molecule has 0 aliphatic carbocycles. The lowest BCUT2D eigenvalue weighted by Gasteiger charge is -2.13. The minimum atomic E-state index is -4.57. The summed E-state index contributed by atoms with van der Waals surface area (Å²) in [4.78, 5) is 31.0. The molecule has 0 saturated carbocycles. The van der Waals surface area contributed by atoms with Crippen LogP contribution in [-0.2, 0) is 12.7 Å². The Morgan fingerprint density at radius 3 is 2.63 bits per heavy atom. The molecule has 3 aromatic rings. The number of benzene rings is 1. The number of aromatic nitrogens is 2. The molecule has 0 atom stereocenters. The molecule has 0 radical (unpaired) electrons. The minimum absolute atomic E-state index is 0.0774. The highest BCUT2D eigenvalue weighted by Crippen LogP contribution is 2.31. The van der Waals surface area contributed by atoms with Gasteiger partial charge in [-0.05, 0) is 23.1 Å². The molecule has 3 N–H and O–H groups in total. The first-order valence-electron chi connectivity index (χ1n) is 7.58. The van der Waals surface area contributed by atoms with Gasteiger partial charge < -0.3 is 15.4 Å². The Morgan fingerprint density at radius 1 is 1.22 bits per heavy atom. The van der Waals surface area contributed by atoms with Gasteiger partial charge in [-0.1, -0.05) is 24.3 Å². The summed E-state index contributed by atoms with van der Waals surface area (Å²) in [6, 6.07) is 8.15. The van der Waals surface area contributed by atoms with Gasteiger partial charge >= 0.3 is 6.18 Å². The van der Waals surface area contributed by atoms with Crippen LogP contribution in [0.15, 0.2) is 46.6 Å². The monoisotopic (exact) mass is 395 g/mol. The maximum atomic E-state index is 13.0. The van der Waals surface area contributed by atoms with E-state index in [9.17, 15) is 27.9 Å². The molecule has 0 aliphatic rings. The number of H-pyrrole nitrogens is 1. The summed E-state index contributed by atoms with van der Waals surface area (Å²) in [5.74, 6) is -1.79. The van der Waals surface area contributed by atoms with E-state index in [4.69, 9.17) is 0 Å². The van der Waals surface area contributed by atoms with Gasteiger partial charge in [0, 0.05) is 6.54 Å². The molecule has 0 fully saturated rings. The lowest BCUT2D eigenvalue weighted by molar-refractivity contribution is -0.138. The highest BCUT2D eigenvalue weighted by Gasteiger charge is 2.33. The third-order valence-corrected chi connectivity index (χ3v) is 4.50. The first-order valence-corrected chi connectivity index (χ1v) is 8.46. The fraction of sp³-hybridized carbons (Fsp3) is 0.118. The standard InChI is InChI=1S/C17H12F3N3O3S/c18-17(19,20)10-5-2-1-4-9(10)8-21-15(25)12-13(24)16(26)23-14(22-12)11-6-3-7-27-11/h1-7,24H,8H2,(H,21,25)(H,22,23,26). The van der Waals surface area contributed by atoms with E-state index in [0.29, 0.717) is 4.88 Å². The number of carbonyl (C=O) groups excluding carboxylic acids is 1. The molecule has 6 nitrogen and oxygen atoms in total. The van der Waals surface area contributed by atoms with Crippen molar-refractivity contribution in [2.45, 2.75) is 12.7 Å². The van der Waals surface area contributed by atoms with Crippen molar-refractivity contribution in [3.05, 3.63) is 69.0 Å². The Labute approximate surface area is 154 Å². The second kappa shape index (κ2) is 7.23. The molecule has 0 spiro atoms. The second-order valence-electron chi connectivity index (χ2n) is 5.43. The number of amides is 1. The number of rotatable bonds is 4. The van der Waals surface area contributed by atoms with E-state index in [0.717, 1.165) is 6.07 Å². The molecule has 10 heteroatoms. The number of alkyl halides is 3. The summed E-state index contributed by atoms with van der Waals surface area (Å²) in [5, 5.41) is 13.8. The smallest absolute Gasteiger partial charge is 0.416 e. The van der Waals surface area contributed by atoms with E-state index in [1.165, 1.54) is 29.5 Å². The van der Waals surface area contributed by atoms with Gasteiger partial charge in [0.1, 0.15) is 0 Å². The molecule has 0 saturated heterocycles. The van der Waals surface area contributed by atoms with Crippen molar-refractivity contribution < 1.29 is 23.1 Å². The molecule has 0 aliphatic heterocycles. The molecule has 140 valence electrons. The van der Waals surface area contributed by atoms with E-state index in [2.05, 4.69) is 15.3 Å². The number of hydrogen-bond donors (Lipinski definition) is 3. The van der Waals surface area contributed by atoms with Crippen LogP contribution < -0.4 is 10.9 Å². The van der Waals surface area contributed by atoms with Crippen LogP contribution in [0.2, 0.25) is 0 Å². The second-order valence-corrected chi connectivity index (χ2v) is 6.37. The minimum Gasteiger partial charge on any atom is -0.501 e. The lowest BCUT2D eigenvalue weighted by Crippen LogP contribution is -2.27. The van der Waals surface area contributed by atoms with Crippen LogP contribution in [0.3, 0.4) is 0 Å². The maximum absolute atomic E-state index is 13.0. The summed E-state index contributed by atoms with van der Waals surface area (Å²) in [7, 11) is 0. The highest BCUT2D eigenvalue weighted by molar-refractivity contribution is 7.13. The molecular formula is C17H12F3N3O3S. The number of nitrogens with one attached hydrogen (secondary N) is 2. The first kappa shape index (κ1) is 18.6. The number of halogens is 3. The number of carbonyl (C=O) groups is 1.